The molecule has 8 nitrogen and oxygen atoms in total. The molecule has 1 aromatic carbocycles. The second-order valence-electron chi connectivity index (χ2n) is 7.03. The number of benzene rings is 1. The van der Waals surface area contributed by atoms with Crippen LogP contribution in [0.15, 0.2) is 52.0 Å². The van der Waals surface area contributed by atoms with Crippen LogP contribution in [0, 0.1) is 0 Å². The van der Waals surface area contributed by atoms with Crippen molar-refractivity contribution >= 4 is 33.4 Å². The maximum atomic E-state index is 13.0. The Bertz CT molecular complexity index is 961. The van der Waals surface area contributed by atoms with Crippen LogP contribution in [0.2, 0.25) is 5.02 Å². The zero-order valence-corrected chi connectivity index (χ0v) is 17.9. The third kappa shape index (κ3) is 5.62. The predicted molar refractivity (Wildman–Crippen MR) is 111 cm³/mol. The van der Waals surface area contributed by atoms with E-state index >= 15 is 0 Å². The highest BCUT2D eigenvalue weighted by atomic mass is 35.5. The summed E-state index contributed by atoms with van der Waals surface area (Å²) in [6.07, 6.45) is 4.30. The fourth-order valence-corrected chi connectivity index (χ4v) is 5.26. The third-order valence-corrected chi connectivity index (χ3v) is 7.18. The van der Waals surface area contributed by atoms with Crippen LogP contribution in [0.1, 0.15) is 31.4 Å². The molecule has 0 radical (unpaired) electrons. The number of furan rings is 1. The van der Waals surface area contributed by atoms with Crippen molar-refractivity contribution in [2.75, 3.05) is 13.1 Å². The van der Waals surface area contributed by atoms with Crippen LogP contribution in [0.25, 0.3) is 0 Å². The van der Waals surface area contributed by atoms with E-state index in [1.165, 1.54) is 22.7 Å². The molecule has 0 bridgehead atoms. The molecule has 1 atom stereocenters. The van der Waals surface area contributed by atoms with E-state index in [9.17, 15) is 18.0 Å². The van der Waals surface area contributed by atoms with E-state index in [1.54, 1.807) is 24.3 Å². The Morgan fingerprint density at radius 3 is 2.53 bits per heavy atom. The summed E-state index contributed by atoms with van der Waals surface area (Å²) in [5.74, 6) is -0.980. The van der Waals surface area contributed by atoms with E-state index in [2.05, 4.69) is 10.6 Å². The largest absolute Gasteiger partial charge is 0.467 e. The first-order valence-electron chi connectivity index (χ1n) is 9.74. The Kier molecular flexibility index (Phi) is 7.52. The van der Waals surface area contributed by atoms with Gasteiger partial charge in [-0.25, -0.2) is 8.42 Å². The first-order chi connectivity index (χ1) is 14.4. The van der Waals surface area contributed by atoms with Crippen molar-refractivity contribution in [3.8, 4) is 0 Å². The van der Waals surface area contributed by atoms with Gasteiger partial charge in [0.15, 0.2) is 0 Å². The van der Waals surface area contributed by atoms with Gasteiger partial charge in [0.05, 0.1) is 17.7 Å². The Balaban J connectivity index is 1.53. The smallest absolute Gasteiger partial charge is 0.309 e. The molecule has 2 N–H and O–H groups in total. The van der Waals surface area contributed by atoms with E-state index in [0.29, 0.717) is 30.2 Å². The highest BCUT2D eigenvalue weighted by Gasteiger charge is 2.33. The van der Waals surface area contributed by atoms with Crippen LogP contribution in [0.4, 0.5) is 0 Å². The zero-order valence-electron chi connectivity index (χ0n) is 16.3. The standard InChI is InChI=1S/C20H24ClN3O5S/c21-15-6-8-18(9-7-15)30(27,28)24-12-2-1-4-16(24)10-11-22-19(25)20(26)23-14-17-5-3-13-29-17/h3,5-9,13,16H,1-2,4,10-12,14H2,(H,22,25)(H,23,26)/t16-/m1/s1. The summed E-state index contributed by atoms with van der Waals surface area (Å²) >= 11 is 5.86. The lowest BCUT2D eigenvalue weighted by molar-refractivity contribution is -0.139. The van der Waals surface area contributed by atoms with E-state index in [-0.39, 0.29) is 24.0 Å². The lowest BCUT2D eigenvalue weighted by Crippen LogP contribution is -2.46. The maximum absolute atomic E-state index is 13.0. The summed E-state index contributed by atoms with van der Waals surface area (Å²) in [6.45, 7) is 0.743. The molecule has 0 spiro atoms. The number of sulfonamides is 1. The molecule has 1 saturated heterocycles. The highest BCUT2D eigenvalue weighted by molar-refractivity contribution is 7.89. The number of carbonyl (C=O) groups is 2. The van der Waals surface area contributed by atoms with Gasteiger partial charge in [0.25, 0.3) is 0 Å². The number of nitrogens with zero attached hydrogens (tertiary/aromatic N) is 1. The topological polar surface area (TPSA) is 109 Å². The summed E-state index contributed by atoms with van der Waals surface area (Å²) in [6, 6.07) is 9.23. The summed E-state index contributed by atoms with van der Waals surface area (Å²) < 4.78 is 32.7. The quantitative estimate of drug-likeness (QED) is 0.625. The van der Waals surface area contributed by atoms with Gasteiger partial charge in [-0.15, -0.1) is 0 Å². The maximum Gasteiger partial charge on any atom is 0.309 e. The summed E-state index contributed by atoms with van der Waals surface area (Å²) in [7, 11) is -3.66. The number of halogens is 1. The molecule has 162 valence electrons. The summed E-state index contributed by atoms with van der Waals surface area (Å²) in [4.78, 5) is 24.0. The van der Waals surface area contributed by atoms with Gasteiger partial charge in [0.1, 0.15) is 5.76 Å². The number of nitrogens with one attached hydrogen (secondary N) is 2. The van der Waals surface area contributed by atoms with Crippen molar-refractivity contribution in [3.63, 3.8) is 0 Å². The number of amides is 2. The van der Waals surface area contributed by atoms with Crippen LogP contribution in [0.3, 0.4) is 0 Å². The molecule has 0 aliphatic carbocycles. The van der Waals surface area contributed by atoms with Crippen molar-refractivity contribution in [1.29, 1.82) is 0 Å². The average molecular weight is 454 g/mol. The van der Waals surface area contributed by atoms with Gasteiger partial charge in [0.2, 0.25) is 10.0 Å². The van der Waals surface area contributed by atoms with Gasteiger partial charge in [-0.1, -0.05) is 18.0 Å². The first kappa shape index (κ1) is 22.3. The number of hydrogen-bond acceptors (Lipinski definition) is 5. The Labute approximate surface area is 180 Å². The second-order valence-corrected chi connectivity index (χ2v) is 9.35. The number of piperidine rings is 1. The SMILES string of the molecule is O=C(NCC[C@H]1CCCCN1S(=O)(=O)c1ccc(Cl)cc1)C(=O)NCc1ccco1. The monoisotopic (exact) mass is 453 g/mol. The van der Waals surface area contributed by atoms with E-state index in [0.717, 1.165) is 12.8 Å². The van der Waals surface area contributed by atoms with E-state index in [1.807, 2.05) is 0 Å². The fraction of sp³-hybridized carbons (Fsp3) is 0.400. The molecular weight excluding hydrogens is 430 g/mol. The van der Waals surface area contributed by atoms with Gasteiger partial charge in [-0.3, -0.25) is 9.59 Å². The van der Waals surface area contributed by atoms with Gasteiger partial charge < -0.3 is 15.1 Å². The Hall–Kier alpha value is -2.36. The van der Waals surface area contributed by atoms with Crippen molar-refractivity contribution in [2.24, 2.45) is 0 Å². The van der Waals surface area contributed by atoms with E-state index < -0.39 is 21.8 Å². The zero-order chi connectivity index (χ0) is 21.6. The molecule has 0 saturated carbocycles. The molecule has 1 aliphatic heterocycles. The molecule has 30 heavy (non-hydrogen) atoms. The van der Waals surface area contributed by atoms with Gasteiger partial charge in [-0.2, -0.15) is 4.31 Å². The number of rotatable bonds is 7. The number of carbonyl (C=O) groups excluding carboxylic acids is 2. The molecule has 1 aromatic heterocycles. The molecule has 3 rings (SSSR count). The van der Waals surface area contributed by atoms with Crippen molar-refractivity contribution in [1.82, 2.24) is 14.9 Å². The van der Waals surface area contributed by atoms with Crippen molar-refractivity contribution < 1.29 is 22.4 Å². The van der Waals surface area contributed by atoms with Gasteiger partial charge >= 0.3 is 11.8 Å². The van der Waals surface area contributed by atoms with Gasteiger partial charge in [-0.05, 0) is 55.7 Å². The van der Waals surface area contributed by atoms with Crippen LogP contribution in [0.5, 0.6) is 0 Å². The Morgan fingerprint density at radius 1 is 1.10 bits per heavy atom. The van der Waals surface area contributed by atoms with Crippen LogP contribution < -0.4 is 10.6 Å². The minimum Gasteiger partial charge on any atom is -0.467 e. The first-order valence-corrected chi connectivity index (χ1v) is 11.6. The van der Waals surface area contributed by atoms with Crippen LogP contribution in [-0.2, 0) is 26.2 Å². The summed E-state index contributed by atoms with van der Waals surface area (Å²) in [5.41, 5.74) is 0. The molecule has 2 amide bonds. The third-order valence-electron chi connectivity index (χ3n) is 4.97. The average Bonchev–Trinajstić information content (AvgIpc) is 3.26. The van der Waals surface area contributed by atoms with E-state index in [4.69, 9.17) is 16.0 Å². The fourth-order valence-electron chi connectivity index (χ4n) is 3.41. The van der Waals surface area contributed by atoms with Crippen LogP contribution >= 0.6 is 11.6 Å². The predicted octanol–water partition coefficient (Wildman–Crippen LogP) is 2.30. The lowest BCUT2D eigenvalue weighted by atomic mass is 10.0. The molecule has 2 aromatic rings. The van der Waals surface area contributed by atoms with Crippen LogP contribution in [-0.4, -0.2) is 43.7 Å². The molecular formula is C20H24ClN3O5S. The molecule has 1 aliphatic rings. The van der Waals surface area contributed by atoms with Crippen molar-refractivity contribution in [3.05, 3.63) is 53.4 Å². The molecule has 2 heterocycles. The molecule has 1 fully saturated rings. The Morgan fingerprint density at radius 2 is 1.83 bits per heavy atom. The number of hydrogen-bond donors (Lipinski definition) is 2. The minimum absolute atomic E-state index is 0.120. The minimum atomic E-state index is -3.66. The normalized spacial score (nSPS) is 17.4. The second kappa shape index (κ2) is 10.1. The molecule has 0 unspecified atom stereocenters. The highest BCUT2D eigenvalue weighted by Crippen LogP contribution is 2.27. The lowest BCUT2D eigenvalue weighted by Gasteiger charge is -2.34. The van der Waals surface area contributed by atoms with Gasteiger partial charge in [0, 0.05) is 24.2 Å². The van der Waals surface area contributed by atoms with Crippen molar-refractivity contribution in [2.45, 2.75) is 43.2 Å². The summed E-state index contributed by atoms with van der Waals surface area (Å²) in [5, 5.41) is 5.50. The molecule has 10 heteroatoms.